The first-order chi connectivity index (χ1) is 24.9. The monoisotopic (exact) mass is 749 g/mol. The number of amides is 4. The molecule has 4 heterocycles. The Labute approximate surface area is 311 Å². The first kappa shape index (κ1) is 37.1. The van der Waals surface area contributed by atoms with Gasteiger partial charge in [0.1, 0.15) is 34.6 Å². The third-order valence-electron chi connectivity index (χ3n) is 11.6. The van der Waals surface area contributed by atoms with Crippen LogP contribution >= 0.6 is 0 Å². The fourth-order valence-corrected chi connectivity index (χ4v) is 9.40. The van der Waals surface area contributed by atoms with Crippen LogP contribution in [0.1, 0.15) is 103 Å². The second-order valence-electron chi connectivity index (χ2n) is 16.9. The van der Waals surface area contributed by atoms with Gasteiger partial charge >= 0.3 is 6.09 Å². The smallest absolute Gasteiger partial charge is 0.408 e. The third kappa shape index (κ3) is 7.23. The number of hydrogen-bond acceptors (Lipinski definition) is 9. The number of nitrogens with zero attached hydrogens (tertiary/aromatic N) is 2. The summed E-state index contributed by atoms with van der Waals surface area (Å²) in [5.74, 6) is -1.58. The summed E-state index contributed by atoms with van der Waals surface area (Å²) in [6.45, 7) is 8.79. The molecule has 1 spiro atoms. The van der Waals surface area contributed by atoms with Gasteiger partial charge < -0.3 is 25.0 Å². The van der Waals surface area contributed by atoms with Crippen LogP contribution in [-0.4, -0.2) is 82.2 Å². The van der Waals surface area contributed by atoms with E-state index in [4.69, 9.17) is 14.5 Å². The molecule has 5 atom stereocenters. The maximum absolute atomic E-state index is 14.7. The van der Waals surface area contributed by atoms with Crippen molar-refractivity contribution in [1.29, 1.82) is 0 Å². The summed E-state index contributed by atoms with van der Waals surface area (Å²) >= 11 is 0. The van der Waals surface area contributed by atoms with E-state index in [2.05, 4.69) is 15.4 Å². The van der Waals surface area contributed by atoms with Crippen molar-refractivity contribution in [3.8, 4) is 5.75 Å². The summed E-state index contributed by atoms with van der Waals surface area (Å²) in [6, 6.07) is 5.82. The van der Waals surface area contributed by atoms with Crippen molar-refractivity contribution in [3.63, 3.8) is 0 Å². The van der Waals surface area contributed by atoms with E-state index < -0.39 is 73.3 Å². The maximum Gasteiger partial charge on any atom is 0.408 e. The summed E-state index contributed by atoms with van der Waals surface area (Å²) in [5.41, 5.74) is -0.650. The van der Waals surface area contributed by atoms with Crippen molar-refractivity contribution >= 4 is 44.7 Å². The highest BCUT2D eigenvalue weighted by atomic mass is 32.2. The van der Waals surface area contributed by atoms with Crippen LogP contribution in [0.25, 0.3) is 10.9 Å². The minimum absolute atomic E-state index is 0.0669. The average molecular weight is 750 g/mol. The first-order valence-corrected chi connectivity index (χ1v) is 20.4. The molecule has 3 fully saturated rings. The quantitative estimate of drug-likeness (QED) is 0.381. The Bertz CT molecular complexity index is 1990. The summed E-state index contributed by atoms with van der Waals surface area (Å²) in [7, 11) is -3.98. The number of ether oxygens (including phenoxy) is 2. The predicted molar refractivity (Wildman–Crippen MR) is 197 cm³/mol. The van der Waals surface area contributed by atoms with E-state index in [9.17, 15) is 27.6 Å². The predicted octanol–water partition coefficient (Wildman–Crippen LogP) is 4.49. The van der Waals surface area contributed by atoms with Crippen LogP contribution < -0.4 is 20.1 Å². The number of pyridine rings is 1. The molecule has 3 aliphatic heterocycles. The molecule has 1 saturated heterocycles. The summed E-state index contributed by atoms with van der Waals surface area (Å²) in [4.78, 5) is 62.5. The van der Waals surface area contributed by atoms with Gasteiger partial charge in [0.15, 0.2) is 0 Å². The Hall–Kier alpha value is -4.20. The van der Waals surface area contributed by atoms with E-state index >= 15 is 0 Å². The van der Waals surface area contributed by atoms with Crippen molar-refractivity contribution in [2.75, 3.05) is 6.54 Å². The molecule has 286 valence electrons. The minimum atomic E-state index is -3.98. The van der Waals surface area contributed by atoms with Crippen molar-refractivity contribution in [2.45, 2.75) is 139 Å². The van der Waals surface area contributed by atoms with Crippen molar-refractivity contribution in [3.05, 3.63) is 47.7 Å². The molecule has 1 unspecified atom stereocenters. The van der Waals surface area contributed by atoms with Crippen molar-refractivity contribution in [2.24, 2.45) is 5.92 Å². The fraction of sp³-hybridized carbons (Fsp3) is 0.615. The lowest BCUT2D eigenvalue weighted by atomic mass is 9.87. The molecule has 2 aromatic rings. The van der Waals surface area contributed by atoms with Crippen LogP contribution in [0.3, 0.4) is 0 Å². The molecule has 5 aliphatic rings. The molecule has 0 bridgehead atoms. The van der Waals surface area contributed by atoms with Crippen LogP contribution in [0.5, 0.6) is 5.75 Å². The SMILES string of the molecule is Cc1nc2ccccc2c2c1O[C@]1(CC2)C[C@H]2C(=O)N[C@]3(C(=O)NS(=O)(=O)C4(C)CC4)CC3/C=C\CCCCC[C@H](NC(=O)OC(C)(C)C)C(=O)N2C1. The zero-order valence-corrected chi connectivity index (χ0v) is 32.1. The Kier molecular flexibility index (Phi) is 9.30. The number of sulfonamides is 1. The maximum atomic E-state index is 14.7. The molecule has 53 heavy (non-hydrogen) atoms. The number of nitrogens with one attached hydrogen (secondary N) is 3. The van der Waals surface area contributed by atoms with Gasteiger partial charge in [-0.1, -0.05) is 43.2 Å². The molecule has 4 amide bonds. The number of hydrogen-bond donors (Lipinski definition) is 3. The summed E-state index contributed by atoms with van der Waals surface area (Å²) in [6.07, 6.45) is 8.79. The van der Waals surface area contributed by atoms with Gasteiger partial charge in [0, 0.05) is 23.3 Å². The number of aryl methyl sites for hydroxylation is 2. The van der Waals surface area contributed by atoms with Crippen LogP contribution in [0, 0.1) is 12.8 Å². The molecule has 14 heteroatoms. The molecular formula is C39H51N5O8S. The van der Waals surface area contributed by atoms with E-state index in [1.165, 1.54) is 4.90 Å². The molecule has 0 radical (unpaired) electrons. The molecule has 1 aromatic heterocycles. The number of alkyl carbamates (subject to hydrolysis) is 1. The van der Waals surface area contributed by atoms with E-state index in [0.29, 0.717) is 56.4 Å². The van der Waals surface area contributed by atoms with Crippen LogP contribution in [0.2, 0.25) is 0 Å². The number of rotatable bonds is 4. The zero-order valence-electron chi connectivity index (χ0n) is 31.3. The largest absolute Gasteiger partial charge is 0.483 e. The van der Waals surface area contributed by atoms with Gasteiger partial charge in [0.2, 0.25) is 21.8 Å². The highest BCUT2D eigenvalue weighted by Gasteiger charge is 2.64. The lowest BCUT2D eigenvalue weighted by Gasteiger charge is -2.36. The van der Waals surface area contributed by atoms with E-state index in [-0.39, 0.29) is 19.4 Å². The lowest BCUT2D eigenvalue weighted by molar-refractivity contribution is -0.141. The van der Waals surface area contributed by atoms with Crippen molar-refractivity contribution in [1.82, 2.24) is 25.2 Å². The van der Waals surface area contributed by atoms with Crippen LogP contribution in [-0.2, 0) is 35.6 Å². The number of carbonyl (C=O) groups is 4. The number of para-hydroxylation sites is 1. The molecule has 2 aliphatic carbocycles. The molecule has 13 nitrogen and oxygen atoms in total. The fourth-order valence-electron chi connectivity index (χ4n) is 8.09. The van der Waals surface area contributed by atoms with E-state index in [1.54, 1.807) is 27.7 Å². The van der Waals surface area contributed by atoms with Gasteiger partial charge in [-0.3, -0.25) is 19.1 Å². The summed E-state index contributed by atoms with van der Waals surface area (Å²) < 4.78 is 40.0. The van der Waals surface area contributed by atoms with Gasteiger partial charge in [0.25, 0.3) is 5.91 Å². The third-order valence-corrected chi connectivity index (χ3v) is 13.7. The second kappa shape index (κ2) is 13.3. The highest BCUT2D eigenvalue weighted by molar-refractivity contribution is 7.91. The molecule has 2 saturated carbocycles. The molecular weight excluding hydrogens is 699 g/mol. The van der Waals surface area contributed by atoms with E-state index in [0.717, 1.165) is 29.3 Å². The Morgan fingerprint density at radius 1 is 1.08 bits per heavy atom. The van der Waals surface area contributed by atoms with Gasteiger partial charge in [-0.15, -0.1) is 0 Å². The van der Waals surface area contributed by atoms with E-state index in [1.807, 2.05) is 43.3 Å². The Balaban J connectivity index is 1.23. The lowest BCUT2D eigenvalue weighted by Crippen LogP contribution is -2.58. The number of aromatic nitrogens is 1. The van der Waals surface area contributed by atoms with Crippen LogP contribution in [0.4, 0.5) is 4.79 Å². The Morgan fingerprint density at radius 3 is 2.57 bits per heavy atom. The number of carbonyl (C=O) groups excluding carboxylic acids is 4. The topological polar surface area (TPSA) is 173 Å². The number of allylic oxidation sites excluding steroid dienone is 1. The summed E-state index contributed by atoms with van der Waals surface area (Å²) in [5, 5.41) is 6.72. The van der Waals surface area contributed by atoms with Gasteiger partial charge in [0.05, 0.1) is 22.5 Å². The minimum Gasteiger partial charge on any atom is -0.483 e. The number of fused-ring (bicyclic) bond motifs is 5. The standard InChI is InChI=1S/C39H51N5O8S/c1-24-31-27(26-14-11-12-15-28(26)40-24)17-18-38(51-31)22-30-32(45)42-39(34(47)43-53(49,50)37(5)19-20-37)21-25(39)13-9-7-6-8-10-16-29(33(46)44(30)23-38)41-35(48)52-36(2,3)4/h9,11-15,25,29-30H,6-8,10,16-23H2,1-5H3,(H,41,48)(H,42,45)(H,43,47)/b13-9-/t25?,29-,30-,38+,39+/m0/s1. The second-order valence-corrected chi connectivity index (χ2v) is 19.1. The van der Waals surface area contributed by atoms with Gasteiger partial charge in [-0.25, -0.2) is 18.2 Å². The Morgan fingerprint density at radius 2 is 1.83 bits per heavy atom. The average Bonchev–Trinajstić information content (AvgIpc) is 3.97. The van der Waals surface area contributed by atoms with Gasteiger partial charge in [-0.2, -0.15) is 0 Å². The zero-order chi connectivity index (χ0) is 38.0. The molecule has 7 rings (SSSR count). The van der Waals surface area contributed by atoms with Crippen LogP contribution in [0.15, 0.2) is 36.4 Å². The normalized spacial score (nSPS) is 30.4. The molecule has 1 aromatic carbocycles. The van der Waals surface area contributed by atoms with Crippen molar-refractivity contribution < 1.29 is 37.1 Å². The first-order valence-electron chi connectivity index (χ1n) is 18.9. The van der Waals surface area contributed by atoms with Gasteiger partial charge in [-0.05, 0) is 92.1 Å². The highest BCUT2D eigenvalue weighted by Crippen LogP contribution is 2.49. The number of benzene rings is 1. The molecule has 3 N–H and O–H groups in total.